The summed E-state index contributed by atoms with van der Waals surface area (Å²) in [6.07, 6.45) is -0.787. The maximum atomic E-state index is 15.4. The van der Waals surface area contributed by atoms with E-state index in [0.717, 1.165) is 7.11 Å². The zero-order valence-corrected chi connectivity index (χ0v) is 14.4. The number of aliphatic imine (C=N–C) groups is 1. The van der Waals surface area contributed by atoms with Gasteiger partial charge in [-0.15, -0.1) is 0 Å². The van der Waals surface area contributed by atoms with Crippen molar-refractivity contribution >= 4 is 11.8 Å². The number of ether oxygens (including phenoxy) is 1. The van der Waals surface area contributed by atoms with Crippen molar-refractivity contribution in [2.75, 3.05) is 7.11 Å². The van der Waals surface area contributed by atoms with Gasteiger partial charge in [0.15, 0.2) is 12.1 Å². The first kappa shape index (κ1) is 17.5. The van der Waals surface area contributed by atoms with E-state index in [1.807, 2.05) is 0 Å². The number of esters is 1. The largest absolute Gasteiger partial charge is 0.469 e. The standard InChI is InChI=1S/C19H17F2N3O3/c1-27-17(26)14-16(25)23-15(13-8-4-5-9-22-13)24-19(14)12-7-3-2-6-11(12)10-18(19,20)21/h2-9,14,16,25H,10H2,1H3,(H,23,24). The van der Waals surface area contributed by atoms with Crippen molar-refractivity contribution in [1.29, 1.82) is 0 Å². The second-order valence-electron chi connectivity index (χ2n) is 6.58. The number of halogens is 2. The summed E-state index contributed by atoms with van der Waals surface area (Å²) < 4.78 is 35.6. The highest BCUT2D eigenvalue weighted by atomic mass is 19.3. The van der Waals surface area contributed by atoms with E-state index in [-0.39, 0.29) is 11.4 Å². The molecule has 0 fully saturated rings. The number of nitrogens with one attached hydrogen (secondary N) is 1. The smallest absolute Gasteiger partial charge is 0.316 e. The number of amidine groups is 1. The molecule has 0 radical (unpaired) electrons. The molecule has 1 aliphatic carbocycles. The third-order valence-corrected chi connectivity index (χ3v) is 5.14. The van der Waals surface area contributed by atoms with Crippen LogP contribution in [0.1, 0.15) is 16.8 Å². The molecule has 1 aromatic heterocycles. The minimum Gasteiger partial charge on any atom is -0.469 e. The van der Waals surface area contributed by atoms with Crippen molar-refractivity contribution in [2.45, 2.75) is 24.1 Å². The number of carbonyl (C=O) groups is 1. The molecule has 140 valence electrons. The summed E-state index contributed by atoms with van der Waals surface area (Å²) in [5.41, 5.74) is -1.25. The van der Waals surface area contributed by atoms with Gasteiger partial charge in [0, 0.05) is 12.6 Å². The number of aliphatic hydroxyl groups excluding tert-OH is 1. The van der Waals surface area contributed by atoms with Crippen molar-refractivity contribution in [3.63, 3.8) is 0 Å². The van der Waals surface area contributed by atoms with Gasteiger partial charge in [0.2, 0.25) is 0 Å². The third-order valence-electron chi connectivity index (χ3n) is 5.14. The van der Waals surface area contributed by atoms with Crippen LogP contribution in [0.5, 0.6) is 0 Å². The van der Waals surface area contributed by atoms with E-state index in [2.05, 4.69) is 15.3 Å². The lowest BCUT2D eigenvalue weighted by Gasteiger charge is -2.46. The average Bonchev–Trinajstić information content (AvgIpc) is 2.88. The van der Waals surface area contributed by atoms with Gasteiger partial charge in [-0.25, -0.2) is 13.8 Å². The molecule has 0 bridgehead atoms. The Morgan fingerprint density at radius 3 is 2.70 bits per heavy atom. The summed E-state index contributed by atoms with van der Waals surface area (Å²) in [5, 5.41) is 13.4. The lowest BCUT2D eigenvalue weighted by molar-refractivity contribution is -0.172. The Kier molecular flexibility index (Phi) is 3.96. The normalized spacial score (nSPS) is 28.2. The molecule has 4 rings (SSSR count). The van der Waals surface area contributed by atoms with Crippen LogP contribution in [0, 0.1) is 5.92 Å². The molecule has 0 saturated carbocycles. The van der Waals surface area contributed by atoms with Crippen molar-refractivity contribution in [2.24, 2.45) is 10.9 Å². The number of alkyl halides is 2. The number of fused-ring (bicyclic) bond motifs is 2. The predicted octanol–water partition coefficient (Wildman–Crippen LogP) is 1.63. The first-order valence-electron chi connectivity index (χ1n) is 8.40. The summed E-state index contributed by atoms with van der Waals surface area (Å²) in [4.78, 5) is 20.6. The molecule has 6 nitrogen and oxygen atoms in total. The molecule has 1 aromatic carbocycles. The highest BCUT2D eigenvalue weighted by molar-refractivity contribution is 5.99. The second-order valence-corrected chi connectivity index (χ2v) is 6.58. The molecule has 2 N–H and O–H groups in total. The van der Waals surface area contributed by atoms with Crippen LogP contribution >= 0.6 is 0 Å². The molecule has 8 heteroatoms. The number of rotatable bonds is 2. The lowest BCUT2D eigenvalue weighted by atomic mass is 9.74. The number of nitrogens with zero attached hydrogens (tertiary/aromatic N) is 2. The molecule has 2 heterocycles. The highest BCUT2D eigenvalue weighted by Crippen LogP contribution is 2.54. The van der Waals surface area contributed by atoms with Crippen molar-refractivity contribution in [1.82, 2.24) is 10.3 Å². The van der Waals surface area contributed by atoms with E-state index < -0.39 is 36.0 Å². The van der Waals surface area contributed by atoms with Gasteiger partial charge < -0.3 is 15.2 Å². The van der Waals surface area contributed by atoms with Gasteiger partial charge in [-0.05, 0) is 23.3 Å². The van der Waals surface area contributed by atoms with Gasteiger partial charge in [-0.2, -0.15) is 0 Å². The van der Waals surface area contributed by atoms with Crippen LogP contribution in [0.2, 0.25) is 0 Å². The Morgan fingerprint density at radius 2 is 2.00 bits per heavy atom. The maximum Gasteiger partial charge on any atom is 0.316 e. The topological polar surface area (TPSA) is 83.8 Å². The van der Waals surface area contributed by atoms with Gasteiger partial charge in [0.25, 0.3) is 5.92 Å². The monoisotopic (exact) mass is 373 g/mol. The van der Waals surface area contributed by atoms with Crippen molar-refractivity contribution in [3.05, 3.63) is 65.5 Å². The Labute approximate surface area is 153 Å². The number of methoxy groups -OCH3 is 1. The molecular weight excluding hydrogens is 356 g/mol. The van der Waals surface area contributed by atoms with Crippen molar-refractivity contribution in [3.8, 4) is 0 Å². The molecule has 2 aromatic rings. The number of pyridine rings is 1. The first-order chi connectivity index (χ1) is 12.9. The van der Waals surface area contributed by atoms with Crippen LogP contribution in [-0.4, -0.2) is 41.2 Å². The Bertz CT molecular complexity index is 919. The summed E-state index contributed by atoms with van der Waals surface area (Å²) >= 11 is 0. The SMILES string of the molecule is COC(=O)C1C(O)N=C(c2ccccn2)NC12c1ccccc1CC2(F)F. The molecule has 0 saturated heterocycles. The molecule has 27 heavy (non-hydrogen) atoms. The van der Waals surface area contributed by atoms with Crippen LogP contribution in [0.15, 0.2) is 53.7 Å². The molecular formula is C19H17F2N3O3. The molecule has 2 aliphatic rings. The Balaban J connectivity index is 1.96. The van der Waals surface area contributed by atoms with E-state index in [1.54, 1.807) is 36.4 Å². The van der Waals surface area contributed by atoms with Gasteiger partial charge in [-0.3, -0.25) is 9.78 Å². The lowest BCUT2D eigenvalue weighted by Crippen LogP contribution is -2.67. The fourth-order valence-corrected chi connectivity index (χ4v) is 3.97. The molecule has 0 amide bonds. The summed E-state index contributed by atoms with van der Waals surface area (Å²) in [6, 6.07) is 11.3. The highest BCUT2D eigenvalue weighted by Gasteiger charge is 2.69. The summed E-state index contributed by atoms with van der Waals surface area (Å²) in [5.74, 6) is -5.95. The van der Waals surface area contributed by atoms with Crippen molar-refractivity contribution < 1.29 is 23.4 Å². The number of hydrogen-bond acceptors (Lipinski definition) is 6. The fraction of sp³-hybridized carbons (Fsp3) is 0.316. The molecule has 3 unspecified atom stereocenters. The molecule has 1 spiro atoms. The predicted molar refractivity (Wildman–Crippen MR) is 92.2 cm³/mol. The second kappa shape index (κ2) is 6.09. The molecule has 1 aliphatic heterocycles. The Morgan fingerprint density at radius 1 is 1.26 bits per heavy atom. The third kappa shape index (κ3) is 2.43. The van der Waals surface area contributed by atoms with Gasteiger partial charge >= 0.3 is 5.97 Å². The summed E-state index contributed by atoms with van der Waals surface area (Å²) in [7, 11) is 1.10. The number of benzene rings is 1. The van der Waals surface area contributed by atoms with Crippen LogP contribution < -0.4 is 5.32 Å². The van der Waals surface area contributed by atoms with E-state index in [1.165, 1.54) is 12.3 Å². The average molecular weight is 373 g/mol. The van der Waals surface area contributed by atoms with Crippen LogP contribution in [-0.2, 0) is 21.5 Å². The molecule has 3 atom stereocenters. The van der Waals surface area contributed by atoms with Crippen LogP contribution in [0.3, 0.4) is 0 Å². The van der Waals surface area contributed by atoms with E-state index >= 15 is 8.78 Å². The maximum absolute atomic E-state index is 15.4. The zero-order valence-electron chi connectivity index (χ0n) is 14.4. The number of hydrogen-bond donors (Lipinski definition) is 2. The zero-order chi connectivity index (χ0) is 19.2. The van der Waals surface area contributed by atoms with E-state index in [0.29, 0.717) is 11.3 Å². The quantitative estimate of drug-likeness (QED) is 0.782. The fourth-order valence-electron chi connectivity index (χ4n) is 3.97. The van der Waals surface area contributed by atoms with E-state index in [9.17, 15) is 9.90 Å². The van der Waals surface area contributed by atoms with Gasteiger partial charge in [-0.1, -0.05) is 30.3 Å². The van der Waals surface area contributed by atoms with E-state index in [4.69, 9.17) is 4.74 Å². The van der Waals surface area contributed by atoms with Crippen LogP contribution in [0.4, 0.5) is 8.78 Å². The first-order valence-corrected chi connectivity index (χ1v) is 8.40. The Hall–Kier alpha value is -2.87. The number of aromatic nitrogens is 1. The van der Waals surface area contributed by atoms with Crippen LogP contribution in [0.25, 0.3) is 0 Å². The number of aliphatic hydroxyl groups is 1. The van der Waals surface area contributed by atoms with Gasteiger partial charge in [0.05, 0.1) is 7.11 Å². The summed E-state index contributed by atoms with van der Waals surface area (Å²) in [6.45, 7) is 0. The van der Waals surface area contributed by atoms with Gasteiger partial charge in [0.1, 0.15) is 17.2 Å². The number of carbonyl (C=O) groups excluding carboxylic acids is 1. The minimum absolute atomic E-state index is 0.000342. The minimum atomic E-state index is -3.37.